The summed E-state index contributed by atoms with van der Waals surface area (Å²) in [6.07, 6.45) is -0.142. The highest BCUT2D eigenvalue weighted by Crippen LogP contribution is 2.31. The first kappa shape index (κ1) is 13.3. The van der Waals surface area contributed by atoms with Gasteiger partial charge in [0.05, 0.1) is 22.7 Å². The summed E-state index contributed by atoms with van der Waals surface area (Å²) >= 11 is 1.30. The van der Waals surface area contributed by atoms with Crippen molar-refractivity contribution >= 4 is 33.9 Å². The highest BCUT2D eigenvalue weighted by molar-refractivity contribution is 7.13. The molecule has 0 fully saturated rings. The van der Waals surface area contributed by atoms with Crippen molar-refractivity contribution in [3.8, 4) is 10.7 Å². The number of non-ortho nitro benzene ring substituents is 1. The van der Waals surface area contributed by atoms with Crippen LogP contribution in [0.5, 0.6) is 0 Å². The Labute approximate surface area is 122 Å². The highest BCUT2D eigenvalue weighted by atomic mass is 32.1. The van der Waals surface area contributed by atoms with Crippen LogP contribution in [0.1, 0.15) is 5.69 Å². The van der Waals surface area contributed by atoms with E-state index in [9.17, 15) is 14.9 Å². The zero-order chi connectivity index (χ0) is 15.0. The van der Waals surface area contributed by atoms with Crippen LogP contribution in [0.25, 0.3) is 21.6 Å². The molecule has 2 aromatic heterocycles. The highest BCUT2D eigenvalue weighted by Gasteiger charge is 2.16. The minimum Gasteiger partial charge on any atom is -0.481 e. The molecule has 3 aromatic rings. The van der Waals surface area contributed by atoms with Crippen molar-refractivity contribution in [2.75, 3.05) is 0 Å². The minimum atomic E-state index is -0.945. The quantitative estimate of drug-likeness (QED) is 0.569. The second-order valence-corrected chi connectivity index (χ2v) is 5.25. The summed E-state index contributed by atoms with van der Waals surface area (Å²) in [6, 6.07) is 6.59. The number of nitro groups is 1. The molecule has 0 bridgehead atoms. The summed E-state index contributed by atoms with van der Waals surface area (Å²) in [7, 11) is 0. The van der Waals surface area contributed by atoms with Gasteiger partial charge in [-0.2, -0.15) is 0 Å². The van der Waals surface area contributed by atoms with E-state index in [0.29, 0.717) is 27.3 Å². The molecule has 1 aromatic carbocycles. The predicted molar refractivity (Wildman–Crippen MR) is 77.4 cm³/mol. The summed E-state index contributed by atoms with van der Waals surface area (Å²) in [5.41, 5.74) is 1.55. The maximum absolute atomic E-state index is 11.0. The first-order valence-corrected chi connectivity index (χ1v) is 6.85. The summed E-state index contributed by atoms with van der Waals surface area (Å²) in [5, 5.41) is 22.7. The molecule has 7 nitrogen and oxygen atoms in total. The van der Waals surface area contributed by atoms with Gasteiger partial charge in [0.1, 0.15) is 10.5 Å². The van der Waals surface area contributed by atoms with Gasteiger partial charge in [-0.25, -0.2) is 4.98 Å². The largest absolute Gasteiger partial charge is 0.481 e. The number of aromatic nitrogens is 2. The van der Waals surface area contributed by atoms with Gasteiger partial charge in [-0.1, -0.05) is 12.1 Å². The number of nitro benzene ring substituents is 1. The number of rotatable bonds is 4. The molecule has 21 heavy (non-hydrogen) atoms. The fourth-order valence-electron chi connectivity index (χ4n) is 2.07. The van der Waals surface area contributed by atoms with Gasteiger partial charge in [0.2, 0.25) is 0 Å². The van der Waals surface area contributed by atoms with Crippen LogP contribution >= 0.6 is 11.3 Å². The molecule has 0 atom stereocenters. The maximum atomic E-state index is 11.0. The maximum Gasteiger partial charge on any atom is 0.309 e. The van der Waals surface area contributed by atoms with Gasteiger partial charge >= 0.3 is 5.97 Å². The molecule has 2 heterocycles. The second-order valence-electron chi connectivity index (χ2n) is 4.40. The number of H-pyrrole nitrogens is 1. The lowest BCUT2D eigenvalue weighted by molar-refractivity contribution is -0.383. The van der Waals surface area contributed by atoms with E-state index in [1.54, 1.807) is 23.6 Å². The van der Waals surface area contributed by atoms with Crippen molar-refractivity contribution in [2.45, 2.75) is 6.42 Å². The van der Waals surface area contributed by atoms with Gasteiger partial charge < -0.3 is 10.1 Å². The van der Waals surface area contributed by atoms with Gasteiger partial charge in [-0.05, 0) is 6.07 Å². The van der Waals surface area contributed by atoms with E-state index in [1.165, 1.54) is 17.4 Å². The number of para-hydroxylation sites is 1. The van der Waals surface area contributed by atoms with E-state index in [4.69, 9.17) is 5.11 Å². The third-order valence-electron chi connectivity index (χ3n) is 2.95. The predicted octanol–water partition coefficient (Wildman–Crippen LogP) is 2.83. The van der Waals surface area contributed by atoms with Gasteiger partial charge in [-0.3, -0.25) is 14.9 Å². The van der Waals surface area contributed by atoms with E-state index in [1.807, 2.05) is 0 Å². The minimum absolute atomic E-state index is 0.000987. The van der Waals surface area contributed by atoms with Crippen molar-refractivity contribution in [3.05, 3.63) is 45.5 Å². The Morgan fingerprint density at radius 2 is 2.29 bits per heavy atom. The number of carboxylic acid groups (broad SMARTS) is 1. The van der Waals surface area contributed by atoms with Crippen LogP contribution in [0.4, 0.5) is 5.69 Å². The molecule has 0 saturated heterocycles. The molecule has 3 rings (SSSR count). The molecule has 0 aliphatic carbocycles. The van der Waals surface area contributed by atoms with Crippen molar-refractivity contribution in [2.24, 2.45) is 0 Å². The summed E-state index contributed by atoms with van der Waals surface area (Å²) in [6.45, 7) is 0. The number of hydrogen-bond donors (Lipinski definition) is 2. The molecule has 0 unspecified atom stereocenters. The number of aromatic amines is 1. The monoisotopic (exact) mass is 303 g/mol. The molecule has 8 heteroatoms. The van der Waals surface area contributed by atoms with Crippen LogP contribution < -0.4 is 0 Å². The standard InChI is InChI=1S/C13H9N3O4S/c17-11(18)5-8-6-21-13(14-8)9-4-7-2-1-3-10(16(19)20)12(7)15-9/h1-4,6,15H,5H2,(H,17,18). The Morgan fingerprint density at radius 1 is 1.48 bits per heavy atom. The number of aliphatic carboxylic acids is 1. The fourth-order valence-corrected chi connectivity index (χ4v) is 2.86. The van der Waals surface area contributed by atoms with Gasteiger partial charge in [-0.15, -0.1) is 11.3 Å². The van der Waals surface area contributed by atoms with Crippen LogP contribution in [0.2, 0.25) is 0 Å². The first-order valence-electron chi connectivity index (χ1n) is 5.97. The average molecular weight is 303 g/mol. The number of nitrogens with one attached hydrogen (secondary N) is 1. The topological polar surface area (TPSA) is 109 Å². The van der Waals surface area contributed by atoms with E-state index in [0.717, 1.165) is 0 Å². The van der Waals surface area contributed by atoms with Crippen molar-refractivity contribution in [1.29, 1.82) is 0 Å². The van der Waals surface area contributed by atoms with Crippen LogP contribution in [0.3, 0.4) is 0 Å². The van der Waals surface area contributed by atoms with E-state index in [-0.39, 0.29) is 12.1 Å². The molecular weight excluding hydrogens is 294 g/mol. The Hall–Kier alpha value is -2.74. The Bertz CT molecular complexity index is 852. The molecule has 0 aliphatic heterocycles. The van der Waals surface area contributed by atoms with Crippen molar-refractivity contribution in [1.82, 2.24) is 9.97 Å². The average Bonchev–Trinajstić information content (AvgIpc) is 3.02. The summed E-state index contributed by atoms with van der Waals surface area (Å²) < 4.78 is 0. The van der Waals surface area contributed by atoms with Gasteiger partial charge in [0.15, 0.2) is 0 Å². The number of fused-ring (bicyclic) bond motifs is 1. The summed E-state index contributed by atoms with van der Waals surface area (Å²) in [4.78, 5) is 28.4. The molecular formula is C13H9N3O4S. The second kappa shape index (κ2) is 4.98. The molecule has 0 spiro atoms. The van der Waals surface area contributed by atoms with E-state index >= 15 is 0 Å². The van der Waals surface area contributed by atoms with E-state index in [2.05, 4.69) is 9.97 Å². The zero-order valence-corrected chi connectivity index (χ0v) is 11.4. The third kappa shape index (κ3) is 2.48. The lowest BCUT2D eigenvalue weighted by Crippen LogP contribution is -1.99. The molecule has 0 amide bonds. The van der Waals surface area contributed by atoms with Crippen LogP contribution in [-0.2, 0) is 11.2 Å². The van der Waals surface area contributed by atoms with Gasteiger partial charge in [0, 0.05) is 16.8 Å². The smallest absolute Gasteiger partial charge is 0.309 e. The van der Waals surface area contributed by atoms with Crippen LogP contribution in [-0.4, -0.2) is 26.0 Å². The Balaban J connectivity index is 2.05. The molecule has 0 radical (unpaired) electrons. The number of carbonyl (C=O) groups is 1. The van der Waals surface area contributed by atoms with Crippen molar-refractivity contribution < 1.29 is 14.8 Å². The molecule has 106 valence electrons. The van der Waals surface area contributed by atoms with Gasteiger partial charge in [0.25, 0.3) is 5.69 Å². The number of hydrogen-bond acceptors (Lipinski definition) is 5. The normalized spacial score (nSPS) is 10.9. The molecule has 0 aliphatic rings. The Morgan fingerprint density at radius 3 is 3.00 bits per heavy atom. The third-order valence-corrected chi connectivity index (χ3v) is 3.87. The van der Waals surface area contributed by atoms with Crippen molar-refractivity contribution in [3.63, 3.8) is 0 Å². The summed E-state index contributed by atoms with van der Waals surface area (Å²) in [5.74, 6) is -0.945. The van der Waals surface area contributed by atoms with E-state index < -0.39 is 10.9 Å². The first-order chi connectivity index (χ1) is 10.0. The Kier molecular flexibility index (Phi) is 3.15. The van der Waals surface area contributed by atoms with Crippen LogP contribution in [0.15, 0.2) is 29.6 Å². The fraction of sp³-hybridized carbons (Fsp3) is 0.0769. The van der Waals surface area contributed by atoms with Crippen LogP contribution in [0, 0.1) is 10.1 Å². The molecule has 0 saturated carbocycles. The molecule has 2 N–H and O–H groups in total. The lowest BCUT2D eigenvalue weighted by Gasteiger charge is -1.92. The number of carboxylic acids is 1. The number of thiazole rings is 1. The number of benzene rings is 1. The number of nitrogens with zero attached hydrogens (tertiary/aromatic N) is 2. The SMILES string of the molecule is O=C(O)Cc1csc(-c2cc3cccc([N+](=O)[O-])c3[nH]2)n1. The lowest BCUT2D eigenvalue weighted by atomic mass is 10.2. The zero-order valence-electron chi connectivity index (χ0n) is 10.6.